The molecular weight excluding hydrogens is 420 g/mol. The molecule has 0 saturated heterocycles. The van der Waals surface area contributed by atoms with Crippen LogP contribution in [-0.4, -0.2) is 15.9 Å². The molecule has 0 saturated carbocycles. The van der Waals surface area contributed by atoms with E-state index in [1.807, 2.05) is 0 Å². The molecule has 1 heterocycles. The molecule has 0 aliphatic carbocycles. The van der Waals surface area contributed by atoms with Crippen molar-refractivity contribution in [1.82, 2.24) is 9.97 Å². The van der Waals surface area contributed by atoms with Crippen molar-refractivity contribution in [3.05, 3.63) is 86.3 Å². The topological polar surface area (TPSA) is 74.8 Å². The zero-order chi connectivity index (χ0) is 21.0. The smallest absolute Gasteiger partial charge is 0.255 e. The number of aromatic nitrogens is 2. The third kappa shape index (κ3) is 5.65. The molecule has 0 fully saturated rings. The Labute approximate surface area is 174 Å². The Morgan fingerprint density at radius 3 is 2.59 bits per heavy atom. The minimum absolute atomic E-state index is 0.110. The van der Waals surface area contributed by atoms with Gasteiger partial charge in [-0.1, -0.05) is 35.5 Å². The maximum atomic E-state index is 13.2. The number of anilines is 1. The largest absolute Gasteiger partial charge is 0.326 e. The number of rotatable bonds is 6. The quantitative estimate of drug-likeness (QED) is 0.442. The van der Waals surface area contributed by atoms with Crippen LogP contribution in [0.3, 0.4) is 0 Å². The Morgan fingerprint density at radius 1 is 1.21 bits per heavy atom. The minimum Gasteiger partial charge on any atom is -0.326 e. The van der Waals surface area contributed by atoms with Crippen molar-refractivity contribution in [2.75, 3.05) is 5.32 Å². The highest BCUT2D eigenvalue weighted by atomic mass is 35.5. The Morgan fingerprint density at radius 2 is 1.93 bits per heavy atom. The fraction of sp³-hybridized carbons (Fsp3) is 0.150. The van der Waals surface area contributed by atoms with Crippen molar-refractivity contribution in [2.45, 2.75) is 24.3 Å². The maximum absolute atomic E-state index is 13.2. The third-order valence-electron chi connectivity index (χ3n) is 4.03. The van der Waals surface area contributed by atoms with Crippen LogP contribution in [0.15, 0.2) is 52.4 Å². The number of aryl methyl sites for hydroxylation is 1. The molecule has 0 unspecified atom stereocenters. The Balaban J connectivity index is 1.66. The van der Waals surface area contributed by atoms with Crippen molar-refractivity contribution in [2.24, 2.45) is 0 Å². The van der Waals surface area contributed by atoms with E-state index in [2.05, 4.69) is 15.3 Å². The van der Waals surface area contributed by atoms with E-state index >= 15 is 0 Å². The molecule has 0 bridgehead atoms. The third-order valence-corrected chi connectivity index (χ3v) is 5.26. The molecule has 3 rings (SSSR count). The number of halogens is 3. The number of nitrogens with zero attached hydrogens (tertiary/aromatic N) is 1. The van der Waals surface area contributed by atoms with Gasteiger partial charge < -0.3 is 10.3 Å². The number of carbonyl (C=O) groups excluding carboxylic acids is 1. The summed E-state index contributed by atoms with van der Waals surface area (Å²) in [5.41, 5.74) is 1.48. The molecule has 5 nitrogen and oxygen atoms in total. The number of amides is 1. The summed E-state index contributed by atoms with van der Waals surface area (Å²) in [6, 6.07) is 9.87. The number of carbonyl (C=O) groups is 1. The molecule has 2 aromatic carbocycles. The molecule has 0 atom stereocenters. The van der Waals surface area contributed by atoms with Gasteiger partial charge in [-0.15, -0.1) is 0 Å². The molecule has 0 aliphatic heterocycles. The van der Waals surface area contributed by atoms with Crippen molar-refractivity contribution >= 4 is 35.0 Å². The van der Waals surface area contributed by atoms with Gasteiger partial charge in [0.1, 0.15) is 11.6 Å². The number of thioether (sulfide) groups is 1. The summed E-state index contributed by atoms with van der Waals surface area (Å²) in [6.07, 6.45) is -0.188. The zero-order valence-corrected chi connectivity index (χ0v) is 16.8. The first-order valence-electron chi connectivity index (χ1n) is 8.54. The normalized spacial score (nSPS) is 10.8. The first kappa shape index (κ1) is 21.0. The summed E-state index contributed by atoms with van der Waals surface area (Å²) in [4.78, 5) is 31.6. The van der Waals surface area contributed by atoms with Gasteiger partial charge in [-0.2, -0.15) is 0 Å². The number of nitrogens with one attached hydrogen (secondary N) is 2. The van der Waals surface area contributed by atoms with Gasteiger partial charge >= 0.3 is 0 Å². The maximum Gasteiger partial charge on any atom is 0.255 e. The Bertz CT molecular complexity index is 1100. The van der Waals surface area contributed by atoms with Crippen molar-refractivity contribution in [3.8, 4) is 0 Å². The summed E-state index contributed by atoms with van der Waals surface area (Å²) in [6.45, 7) is 1.65. The van der Waals surface area contributed by atoms with Crippen LogP contribution in [0.1, 0.15) is 16.8 Å². The van der Waals surface area contributed by atoms with Gasteiger partial charge in [0.15, 0.2) is 5.16 Å². The lowest BCUT2D eigenvalue weighted by Gasteiger charge is -2.09. The highest BCUT2D eigenvalue weighted by Gasteiger charge is 2.14. The van der Waals surface area contributed by atoms with E-state index in [0.717, 1.165) is 11.6 Å². The highest BCUT2D eigenvalue weighted by Crippen LogP contribution is 2.21. The van der Waals surface area contributed by atoms with E-state index < -0.39 is 17.3 Å². The molecule has 9 heteroatoms. The van der Waals surface area contributed by atoms with Crippen LogP contribution in [0.25, 0.3) is 0 Å². The average molecular weight is 436 g/mol. The second-order valence-corrected chi connectivity index (χ2v) is 7.58. The van der Waals surface area contributed by atoms with Crippen LogP contribution >= 0.6 is 23.4 Å². The van der Waals surface area contributed by atoms with E-state index in [0.29, 0.717) is 22.3 Å². The molecular formula is C20H16ClF2N3O2S. The summed E-state index contributed by atoms with van der Waals surface area (Å²) in [7, 11) is 0. The van der Waals surface area contributed by atoms with Crippen molar-refractivity contribution in [3.63, 3.8) is 0 Å². The Hall–Kier alpha value is -2.71. The van der Waals surface area contributed by atoms with Gasteiger partial charge in [-0.05, 0) is 42.8 Å². The summed E-state index contributed by atoms with van der Waals surface area (Å²) in [5, 5.41) is 2.87. The zero-order valence-electron chi connectivity index (χ0n) is 15.3. The second-order valence-electron chi connectivity index (χ2n) is 6.20. The van der Waals surface area contributed by atoms with E-state index in [-0.39, 0.29) is 22.8 Å². The summed E-state index contributed by atoms with van der Waals surface area (Å²) in [5.74, 6) is -0.843. The van der Waals surface area contributed by atoms with Crippen LogP contribution in [0.2, 0.25) is 5.02 Å². The monoisotopic (exact) mass is 435 g/mol. The van der Waals surface area contributed by atoms with E-state index in [4.69, 9.17) is 11.6 Å². The van der Waals surface area contributed by atoms with Crippen LogP contribution in [-0.2, 0) is 17.0 Å². The Kier molecular flexibility index (Phi) is 6.66. The predicted octanol–water partition coefficient (Wildman–Crippen LogP) is 4.48. The van der Waals surface area contributed by atoms with E-state index in [9.17, 15) is 18.4 Å². The molecule has 1 amide bonds. The SMILES string of the molecule is Cc1nc(SCc2ccc(F)cc2)[nH]c(=O)c1CC(=O)Nc1ccc(F)c(Cl)c1. The average Bonchev–Trinajstić information content (AvgIpc) is 2.67. The van der Waals surface area contributed by atoms with Gasteiger partial charge in [-0.3, -0.25) is 9.59 Å². The minimum atomic E-state index is -0.588. The molecule has 2 N–H and O–H groups in total. The second kappa shape index (κ2) is 9.19. The van der Waals surface area contributed by atoms with Crippen molar-refractivity contribution in [1.29, 1.82) is 0 Å². The van der Waals surface area contributed by atoms with Crippen LogP contribution in [0.4, 0.5) is 14.5 Å². The fourth-order valence-corrected chi connectivity index (χ4v) is 3.58. The van der Waals surface area contributed by atoms with Crippen LogP contribution in [0, 0.1) is 18.6 Å². The summed E-state index contributed by atoms with van der Waals surface area (Å²) < 4.78 is 26.2. The lowest BCUT2D eigenvalue weighted by atomic mass is 10.1. The van der Waals surface area contributed by atoms with E-state index in [1.165, 1.54) is 36.0 Å². The molecule has 150 valence electrons. The molecule has 1 aromatic heterocycles. The molecule has 0 aliphatic rings. The van der Waals surface area contributed by atoms with Crippen LogP contribution < -0.4 is 10.9 Å². The van der Waals surface area contributed by atoms with Crippen LogP contribution in [0.5, 0.6) is 0 Å². The first-order chi connectivity index (χ1) is 13.8. The van der Waals surface area contributed by atoms with Crippen molar-refractivity contribution < 1.29 is 13.6 Å². The number of H-pyrrole nitrogens is 1. The van der Waals surface area contributed by atoms with Gasteiger partial charge in [0.25, 0.3) is 5.56 Å². The van der Waals surface area contributed by atoms with Gasteiger partial charge in [0.05, 0.1) is 11.4 Å². The lowest BCUT2D eigenvalue weighted by molar-refractivity contribution is -0.115. The number of hydrogen-bond acceptors (Lipinski definition) is 4. The first-order valence-corrected chi connectivity index (χ1v) is 9.90. The fourth-order valence-electron chi connectivity index (χ4n) is 2.53. The molecule has 3 aromatic rings. The molecule has 29 heavy (non-hydrogen) atoms. The number of aromatic amines is 1. The molecule has 0 spiro atoms. The van der Waals surface area contributed by atoms with E-state index in [1.54, 1.807) is 19.1 Å². The number of benzene rings is 2. The van der Waals surface area contributed by atoms with Gasteiger partial charge in [0.2, 0.25) is 5.91 Å². The predicted molar refractivity (Wildman–Crippen MR) is 109 cm³/mol. The standard InChI is InChI=1S/C20H16ClF2N3O2S/c1-11-15(9-18(27)25-14-6-7-17(23)16(21)8-14)19(28)26-20(24-11)29-10-12-2-4-13(22)5-3-12/h2-8H,9-10H2,1H3,(H,25,27)(H,24,26,28). The van der Waals surface area contributed by atoms with Gasteiger partial charge in [-0.25, -0.2) is 13.8 Å². The summed E-state index contributed by atoms with van der Waals surface area (Å²) >= 11 is 7.00. The highest BCUT2D eigenvalue weighted by molar-refractivity contribution is 7.98. The lowest BCUT2D eigenvalue weighted by Crippen LogP contribution is -2.23. The number of hydrogen-bond donors (Lipinski definition) is 2. The van der Waals surface area contributed by atoms with Gasteiger partial charge in [0, 0.05) is 22.7 Å². The molecule has 0 radical (unpaired) electrons.